The van der Waals surface area contributed by atoms with Crippen molar-refractivity contribution in [1.29, 1.82) is 0 Å². The molecule has 2 aliphatic rings. The first-order valence-electron chi connectivity index (χ1n) is 11.8. The molecule has 0 unspecified atom stereocenters. The average molecular weight is 474 g/mol. The first kappa shape index (κ1) is 23.6. The lowest BCUT2D eigenvalue weighted by molar-refractivity contribution is -0.117. The van der Waals surface area contributed by atoms with Crippen LogP contribution in [0.1, 0.15) is 51.4 Å². The van der Waals surface area contributed by atoms with Crippen LogP contribution in [0.3, 0.4) is 0 Å². The summed E-state index contributed by atoms with van der Waals surface area (Å²) in [6, 6.07) is 7.62. The van der Waals surface area contributed by atoms with E-state index in [4.69, 9.17) is 32.3 Å². The van der Waals surface area contributed by atoms with Crippen LogP contribution < -0.4 is 16.0 Å². The van der Waals surface area contributed by atoms with E-state index in [1.165, 1.54) is 19.3 Å². The smallest absolute Gasteiger partial charge is 0.224 e. The number of nitrogens with zero attached hydrogens (tertiary/aromatic N) is 3. The SMILES string of the molecule is NC(CCO[C@H]1CCN(c2ccc3c(NC(=O)CC4CCCCC4)c(Cl)ccc3n2)C1)=NO. The summed E-state index contributed by atoms with van der Waals surface area (Å²) in [6.07, 6.45) is 7.88. The molecule has 9 heteroatoms. The molecule has 2 heterocycles. The second kappa shape index (κ2) is 11.0. The highest BCUT2D eigenvalue weighted by atomic mass is 35.5. The normalized spacial score (nSPS) is 19.8. The van der Waals surface area contributed by atoms with E-state index in [9.17, 15) is 4.79 Å². The van der Waals surface area contributed by atoms with Gasteiger partial charge in [0.25, 0.3) is 0 Å². The van der Waals surface area contributed by atoms with Gasteiger partial charge in [0.15, 0.2) is 0 Å². The first-order chi connectivity index (χ1) is 16.0. The standard InChI is InChI=1S/C24H32ClN5O3/c25-19-7-8-20-18(24(19)28-23(31)14-16-4-2-1-3-5-16)6-9-22(27-20)30-12-10-17(15-30)33-13-11-21(26)29-32/h6-9,16-17,32H,1-5,10-15H2,(H2,26,29)(H,28,31)/t17-/m0/s1. The number of aromatic nitrogens is 1. The third-order valence-corrected chi connectivity index (χ3v) is 6.89. The molecule has 0 bridgehead atoms. The molecule has 1 saturated carbocycles. The first-order valence-corrected chi connectivity index (χ1v) is 12.1. The number of amides is 1. The Hall–Kier alpha value is -2.58. The van der Waals surface area contributed by atoms with Crippen LogP contribution >= 0.6 is 11.6 Å². The predicted octanol–water partition coefficient (Wildman–Crippen LogP) is 4.53. The predicted molar refractivity (Wildman–Crippen MR) is 131 cm³/mol. The van der Waals surface area contributed by atoms with Gasteiger partial charge >= 0.3 is 0 Å². The van der Waals surface area contributed by atoms with E-state index in [2.05, 4.69) is 15.4 Å². The number of hydrogen-bond donors (Lipinski definition) is 3. The topological polar surface area (TPSA) is 113 Å². The Labute approximate surface area is 199 Å². The lowest BCUT2D eigenvalue weighted by atomic mass is 9.87. The molecule has 178 valence electrons. The number of carbonyl (C=O) groups is 1. The molecule has 2 fully saturated rings. The molecule has 1 aromatic carbocycles. The number of anilines is 2. The van der Waals surface area contributed by atoms with Crippen LogP contribution in [0, 0.1) is 5.92 Å². The highest BCUT2D eigenvalue weighted by molar-refractivity contribution is 6.35. The Morgan fingerprint density at radius 2 is 2.06 bits per heavy atom. The molecule has 1 aliphatic heterocycles. The Morgan fingerprint density at radius 1 is 1.24 bits per heavy atom. The van der Waals surface area contributed by atoms with E-state index >= 15 is 0 Å². The van der Waals surface area contributed by atoms with Crippen LogP contribution in [0.2, 0.25) is 5.02 Å². The lowest BCUT2D eigenvalue weighted by Crippen LogP contribution is -2.25. The van der Waals surface area contributed by atoms with Gasteiger partial charge in [-0.15, -0.1) is 0 Å². The second-order valence-electron chi connectivity index (χ2n) is 8.98. The van der Waals surface area contributed by atoms with Crippen molar-refractivity contribution in [3.63, 3.8) is 0 Å². The minimum absolute atomic E-state index is 0.0202. The second-order valence-corrected chi connectivity index (χ2v) is 9.39. The number of amidine groups is 1. The van der Waals surface area contributed by atoms with E-state index in [-0.39, 0.29) is 17.8 Å². The summed E-state index contributed by atoms with van der Waals surface area (Å²) >= 11 is 6.45. The fraction of sp³-hybridized carbons (Fsp3) is 0.542. The number of oxime groups is 1. The molecule has 0 spiro atoms. The highest BCUT2D eigenvalue weighted by Gasteiger charge is 2.25. The average Bonchev–Trinajstić information content (AvgIpc) is 3.30. The van der Waals surface area contributed by atoms with Gasteiger partial charge in [0.1, 0.15) is 11.7 Å². The van der Waals surface area contributed by atoms with Crippen molar-refractivity contribution < 1.29 is 14.7 Å². The number of carbonyl (C=O) groups excluding carboxylic acids is 1. The number of nitrogens with one attached hydrogen (secondary N) is 1. The van der Waals surface area contributed by atoms with E-state index in [1.54, 1.807) is 6.07 Å². The lowest BCUT2D eigenvalue weighted by Gasteiger charge is -2.21. The third-order valence-electron chi connectivity index (χ3n) is 6.58. The highest BCUT2D eigenvalue weighted by Crippen LogP contribution is 2.33. The van der Waals surface area contributed by atoms with Gasteiger partial charge in [-0.25, -0.2) is 4.98 Å². The van der Waals surface area contributed by atoms with Crippen LogP contribution in [0.15, 0.2) is 29.4 Å². The molecule has 1 aromatic heterocycles. The maximum absolute atomic E-state index is 12.7. The zero-order valence-electron chi connectivity index (χ0n) is 18.8. The van der Waals surface area contributed by atoms with E-state index < -0.39 is 0 Å². The van der Waals surface area contributed by atoms with Crippen molar-refractivity contribution >= 4 is 45.8 Å². The Morgan fingerprint density at radius 3 is 2.85 bits per heavy atom. The molecule has 1 aliphatic carbocycles. The van der Waals surface area contributed by atoms with Gasteiger partial charge in [0, 0.05) is 31.3 Å². The zero-order chi connectivity index (χ0) is 23.2. The number of hydrogen-bond acceptors (Lipinski definition) is 6. The van der Waals surface area contributed by atoms with Gasteiger partial charge in [-0.05, 0) is 49.4 Å². The summed E-state index contributed by atoms with van der Waals surface area (Å²) in [6.45, 7) is 1.99. The maximum Gasteiger partial charge on any atom is 0.224 e. The van der Waals surface area contributed by atoms with Gasteiger partial charge in [0.05, 0.1) is 28.9 Å². The van der Waals surface area contributed by atoms with Crippen LogP contribution in [-0.2, 0) is 9.53 Å². The molecule has 8 nitrogen and oxygen atoms in total. The Kier molecular flexibility index (Phi) is 7.88. The fourth-order valence-corrected chi connectivity index (χ4v) is 4.98. The van der Waals surface area contributed by atoms with Crippen molar-refractivity contribution in [2.75, 3.05) is 29.9 Å². The quantitative estimate of drug-likeness (QED) is 0.225. The van der Waals surface area contributed by atoms with Crippen LogP contribution in [0.5, 0.6) is 0 Å². The van der Waals surface area contributed by atoms with Gasteiger partial charge in [0.2, 0.25) is 5.91 Å². The van der Waals surface area contributed by atoms with Crippen LogP contribution in [0.25, 0.3) is 10.9 Å². The van der Waals surface area contributed by atoms with Gasteiger partial charge < -0.3 is 25.9 Å². The molecule has 1 saturated heterocycles. The molecule has 33 heavy (non-hydrogen) atoms. The minimum Gasteiger partial charge on any atom is -0.409 e. The molecule has 2 aromatic rings. The van der Waals surface area contributed by atoms with E-state index in [0.717, 1.165) is 49.1 Å². The zero-order valence-corrected chi connectivity index (χ0v) is 19.6. The van der Waals surface area contributed by atoms with Gasteiger partial charge in [-0.1, -0.05) is 36.0 Å². The number of nitrogens with two attached hydrogens (primary N) is 1. The number of halogens is 1. The van der Waals surface area contributed by atoms with E-state index in [0.29, 0.717) is 36.1 Å². The largest absolute Gasteiger partial charge is 0.409 e. The summed E-state index contributed by atoms with van der Waals surface area (Å²) in [7, 11) is 0. The van der Waals surface area contributed by atoms with Crippen molar-refractivity contribution in [3.05, 3.63) is 29.3 Å². The summed E-state index contributed by atoms with van der Waals surface area (Å²) in [5.41, 5.74) is 6.92. The molecule has 4 rings (SSSR count). The Bertz CT molecular complexity index is 1010. The molecule has 0 radical (unpaired) electrons. The fourth-order valence-electron chi connectivity index (χ4n) is 4.77. The van der Waals surface area contributed by atoms with Crippen molar-refractivity contribution in [2.45, 2.75) is 57.5 Å². The van der Waals surface area contributed by atoms with Crippen LogP contribution in [0.4, 0.5) is 11.5 Å². The maximum atomic E-state index is 12.7. The number of benzene rings is 1. The minimum atomic E-state index is 0.0202. The number of ether oxygens (including phenoxy) is 1. The summed E-state index contributed by atoms with van der Waals surface area (Å²) in [5, 5.41) is 16.0. The third kappa shape index (κ3) is 6.06. The van der Waals surface area contributed by atoms with Crippen molar-refractivity contribution in [1.82, 2.24) is 4.98 Å². The molecular formula is C24H32ClN5O3. The number of rotatable bonds is 8. The number of fused-ring (bicyclic) bond motifs is 1. The van der Waals surface area contributed by atoms with E-state index in [1.807, 2.05) is 18.2 Å². The molecule has 1 amide bonds. The number of pyridine rings is 1. The summed E-state index contributed by atoms with van der Waals surface area (Å²) in [5.74, 6) is 1.52. The Balaban J connectivity index is 1.41. The van der Waals surface area contributed by atoms with Crippen LogP contribution in [-0.4, -0.2) is 47.7 Å². The van der Waals surface area contributed by atoms with Crippen molar-refractivity contribution in [3.8, 4) is 0 Å². The van der Waals surface area contributed by atoms with Gasteiger partial charge in [-0.3, -0.25) is 4.79 Å². The molecule has 4 N–H and O–H groups in total. The monoisotopic (exact) mass is 473 g/mol. The summed E-state index contributed by atoms with van der Waals surface area (Å²) in [4.78, 5) is 19.7. The van der Waals surface area contributed by atoms with Crippen molar-refractivity contribution in [2.24, 2.45) is 16.8 Å². The molecular weight excluding hydrogens is 442 g/mol. The van der Waals surface area contributed by atoms with Gasteiger partial charge in [-0.2, -0.15) is 0 Å². The summed E-state index contributed by atoms with van der Waals surface area (Å²) < 4.78 is 5.85. The molecule has 1 atom stereocenters.